The molecule has 1 atom stereocenters. The number of aliphatic hydroxyl groups is 1. The number of nitrogens with two attached hydrogens (primary N) is 1. The first-order valence-corrected chi connectivity index (χ1v) is 6.20. The summed E-state index contributed by atoms with van der Waals surface area (Å²) in [5, 5.41) is 9.26. The van der Waals surface area contributed by atoms with E-state index in [4.69, 9.17) is 5.73 Å². The van der Waals surface area contributed by atoms with Gasteiger partial charge in [-0.3, -0.25) is 4.90 Å². The number of nitrogens with zero attached hydrogens (tertiary/aromatic N) is 1. The van der Waals surface area contributed by atoms with Crippen LogP contribution in [-0.2, 0) is 0 Å². The molecular formula is C14H23FN2O. The average Bonchev–Trinajstić information content (AvgIpc) is 2.35. The van der Waals surface area contributed by atoms with Gasteiger partial charge >= 0.3 is 0 Å². The Bertz CT molecular complexity index is 382. The smallest absolute Gasteiger partial charge is 0.123 e. The van der Waals surface area contributed by atoms with E-state index >= 15 is 0 Å². The Balaban J connectivity index is 2.54. The molecule has 1 aromatic carbocycles. The van der Waals surface area contributed by atoms with Crippen LogP contribution in [0, 0.1) is 5.82 Å². The summed E-state index contributed by atoms with van der Waals surface area (Å²) < 4.78 is 13.1. The fraction of sp³-hybridized carbons (Fsp3) is 0.571. The van der Waals surface area contributed by atoms with Crippen molar-refractivity contribution in [2.24, 2.45) is 5.73 Å². The van der Waals surface area contributed by atoms with Crippen LogP contribution in [0.3, 0.4) is 0 Å². The Hall–Kier alpha value is -0.970. The molecule has 1 rings (SSSR count). The molecule has 0 saturated heterocycles. The van der Waals surface area contributed by atoms with E-state index in [0.29, 0.717) is 0 Å². The third-order valence-corrected chi connectivity index (χ3v) is 3.47. The van der Waals surface area contributed by atoms with Gasteiger partial charge in [-0.05, 0) is 45.0 Å². The van der Waals surface area contributed by atoms with Gasteiger partial charge < -0.3 is 10.8 Å². The van der Waals surface area contributed by atoms with E-state index in [0.717, 1.165) is 18.5 Å². The van der Waals surface area contributed by atoms with Crippen molar-refractivity contribution in [3.63, 3.8) is 0 Å². The minimum Gasteiger partial charge on any atom is -0.394 e. The highest BCUT2D eigenvalue weighted by Gasteiger charge is 2.22. The van der Waals surface area contributed by atoms with E-state index < -0.39 is 0 Å². The highest BCUT2D eigenvalue weighted by Crippen LogP contribution is 2.18. The van der Waals surface area contributed by atoms with Crippen molar-refractivity contribution in [1.29, 1.82) is 0 Å². The fourth-order valence-corrected chi connectivity index (χ4v) is 1.66. The van der Waals surface area contributed by atoms with Gasteiger partial charge in [0.1, 0.15) is 5.82 Å². The molecule has 0 fully saturated rings. The SMILES string of the molecule is CN(CCC(N)c1cccc(F)c1)C(C)(C)CO. The Morgan fingerprint density at radius 3 is 2.67 bits per heavy atom. The number of benzene rings is 1. The van der Waals surface area contributed by atoms with E-state index in [1.54, 1.807) is 6.07 Å². The zero-order valence-electron chi connectivity index (χ0n) is 11.4. The summed E-state index contributed by atoms with van der Waals surface area (Å²) in [5.41, 5.74) is 6.59. The molecule has 0 aliphatic rings. The summed E-state index contributed by atoms with van der Waals surface area (Å²) in [6.45, 7) is 4.80. The van der Waals surface area contributed by atoms with E-state index in [1.807, 2.05) is 27.0 Å². The minimum absolute atomic E-state index is 0.0959. The molecule has 0 spiro atoms. The van der Waals surface area contributed by atoms with Crippen LogP contribution in [0.15, 0.2) is 24.3 Å². The average molecular weight is 254 g/mol. The highest BCUT2D eigenvalue weighted by atomic mass is 19.1. The topological polar surface area (TPSA) is 49.5 Å². The van der Waals surface area contributed by atoms with Crippen molar-refractivity contribution in [2.75, 3.05) is 20.2 Å². The largest absolute Gasteiger partial charge is 0.394 e. The van der Waals surface area contributed by atoms with E-state index in [9.17, 15) is 9.50 Å². The molecule has 1 aromatic rings. The number of halogens is 1. The molecule has 18 heavy (non-hydrogen) atoms. The van der Waals surface area contributed by atoms with Gasteiger partial charge in [0.15, 0.2) is 0 Å². The van der Waals surface area contributed by atoms with Crippen molar-refractivity contribution in [1.82, 2.24) is 4.90 Å². The third kappa shape index (κ3) is 4.05. The second-order valence-electron chi connectivity index (χ2n) is 5.34. The highest BCUT2D eigenvalue weighted by molar-refractivity contribution is 5.19. The van der Waals surface area contributed by atoms with Crippen molar-refractivity contribution < 1.29 is 9.50 Å². The molecule has 0 saturated carbocycles. The van der Waals surface area contributed by atoms with Gasteiger partial charge in [0.2, 0.25) is 0 Å². The minimum atomic E-state index is -0.262. The number of hydrogen-bond acceptors (Lipinski definition) is 3. The maximum Gasteiger partial charge on any atom is 0.123 e. The van der Waals surface area contributed by atoms with E-state index in [2.05, 4.69) is 4.90 Å². The second kappa shape index (κ2) is 6.27. The van der Waals surface area contributed by atoms with Crippen molar-refractivity contribution in [3.05, 3.63) is 35.6 Å². The molecule has 0 heterocycles. The van der Waals surface area contributed by atoms with Gasteiger partial charge in [-0.1, -0.05) is 12.1 Å². The normalized spacial score (nSPS) is 13.9. The number of likely N-dealkylation sites (N-methyl/N-ethyl adjacent to an activating group) is 1. The Kier molecular flexibility index (Phi) is 5.26. The van der Waals surface area contributed by atoms with Crippen LogP contribution >= 0.6 is 0 Å². The predicted molar refractivity (Wildman–Crippen MR) is 71.7 cm³/mol. The maximum atomic E-state index is 13.1. The van der Waals surface area contributed by atoms with Crippen LogP contribution in [0.4, 0.5) is 4.39 Å². The van der Waals surface area contributed by atoms with Gasteiger partial charge in [-0.25, -0.2) is 4.39 Å². The molecule has 0 aliphatic heterocycles. The lowest BCUT2D eigenvalue weighted by Crippen LogP contribution is -2.45. The second-order valence-corrected chi connectivity index (χ2v) is 5.34. The molecule has 0 aliphatic carbocycles. The van der Waals surface area contributed by atoms with Crippen LogP contribution in [0.1, 0.15) is 31.9 Å². The predicted octanol–water partition coefficient (Wildman–Crippen LogP) is 1.92. The molecule has 0 bridgehead atoms. The molecule has 0 radical (unpaired) electrons. The maximum absolute atomic E-state index is 13.1. The first-order valence-electron chi connectivity index (χ1n) is 6.20. The summed E-state index contributed by atoms with van der Waals surface area (Å²) in [7, 11) is 1.95. The molecular weight excluding hydrogens is 231 g/mol. The fourth-order valence-electron chi connectivity index (χ4n) is 1.66. The number of aliphatic hydroxyl groups excluding tert-OH is 1. The number of rotatable bonds is 6. The van der Waals surface area contributed by atoms with Gasteiger partial charge in [-0.2, -0.15) is 0 Å². The molecule has 0 amide bonds. The Morgan fingerprint density at radius 2 is 2.11 bits per heavy atom. The summed E-state index contributed by atoms with van der Waals surface area (Å²) in [5.74, 6) is -0.257. The molecule has 0 aromatic heterocycles. The van der Waals surface area contributed by atoms with Crippen LogP contribution in [0.2, 0.25) is 0 Å². The lowest BCUT2D eigenvalue weighted by molar-refractivity contribution is 0.0767. The zero-order chi connectivity index (χ0) is 13.8. The van der Waals surface area contributed by atoms with Crippen molar-refractivity contribution in [2.45, 2.75) is 31.8 Å². The standard InChI is InChI=1S/C14H23FN2O/c1-14(2,10-18)17(3)8-7-13(16)11-5-4-6-12(15)9-11/h4-6,9,13,18H,7-8,10,16H2,1-3H3. The van der Waals surface area contributed by atoms with Gasteiger partial charge in [0, 0.05) is 18.1 Å². The molecule has 3 N–H and O–H groups in total. The lowest BCUT2D eigenvalue weighted by Gasteiger charge is -2.34. The lowest BCUT2D eigenvalue weighted by atomic mass is 10.0. The summed E-state index contributed by atoms with van der Waals surface area (Å²) >= 11 is 0. The van der Waals surface area contributed by atoms with E-state index in [1.165, 1.54) is 12.1 Å². The van der Waals surface area contributed by atoms with Crippen LogP contribution in [0.5, 0.6) is 0 Å². The third-order valence-electron chi connectivity index (χ3n) is 3.47. The monoisotopic (exact) mass is 254 g/mol. The summed E-state index contributed by atoms with van der Waals surface area (Å²) in [6.07, 6.45) is 0.726. The summed E-state index contributed by atoms with van der Waals surface area (Å²) in [6, 6.07) is 6.22. The van der Waals surface area contributed by atoms with Crippen molar-refractivity contribution in [3.8, 4) is 0 Å². The van der Waals surface area contributed by atoms with Gasteiger partial charge in [-0.15, -0.1) is 0 Å². The van der Waals surface area contributed by atoms with Crippen LogP contribution in [-0.4, -0.2) is 35.7 Å². The Labute approximate surface area is 108 Å². The van der Waals surface area contributed by atoms with Gasteiger partial charge in [0.25, 0.3) is 0 Å². The first kappa shape index (κ1) is 15.1. The zero-order valence-corrected chi connectivity index (χ0v) is 11.4. The van der Waals surface area contributed by atoms with Crippen LogP contribution in [0.25, 0.3) is 0 Å². The van der Waals surface area contributed by atoms with Gasteiger partial charge in [0.05, 0.1) is 6.61 Å². The molecule has 4 heteroatoms. The number of hydrogen-bond donors (Lipinski definition) is 2. The quantitative estimate of drug-likeness (QED) is 0.815. The van der Waals surface area contributed by atoms with Crippen LogP contribution < -0.4 is 5.73 Å². The van der Waals surface area contributed by atoms with E-state index in [-0.39, 0.29) is 24.0 Å². The first-order chi connectivity index (χ1) is 8.36. The molecule has 3 nitrogen and oxygen atoms in total. The molecule has 102 valence electrons. The summed E-state index contributed by atoms with van der Waals surface area (Å²) in [4.78, 5) is 2.06. The Morgan fingerprint density at radius 1 is 1.44 bits per heavy atom. The molecule has 1 unspecified atom stereocenters. The van der Waals surface area contributed by atoms with Crippen molar-refractivity contribution >= 4 is 0 Å².